The standard InChI is InChI=1S/C8H10O2/c1-5-6(2)8(4-10)7(5)3-9/h9-10H,1-4H2. The predicted molar refractivity (Wildman–Crippen MR) is 39.5 cm³/mol. The molecule has 0 unspecified atom stereocenters. The molecule has 0 heterocycles. The minimum absolute atomic E-state index is 0.0479. The van der Waals surface area contributed by atoms with Gasteiger partial charge in [0.15, 0.2) is 0 Å². The Labute approximate surface area is 59.8 Å². The van der Waals surface area contributed by atoms with Gasteiger partial charge in [0.2, 0.25) is 0 Å². The second-order valence-electron chi connectivity index (χ2n) is 2.23. The topological polar surface area (TPSA) is 40.5 Å². The van der Waals surface area contributed by atoms with E-state index in [2.05, 4.69) is 13.2 Å². The molecule has 2 N–H and O–H groups in total. The monoisotopic (exact) mass is 138 g/mol. The van der Waals surface area contributed by atoms with Gasteiger partial charge in [0.25, 0.3) is 0 Å². The zero-order valence-corrected chi connectivity index (χ0v) is 5.72. The summed E-state index contributed by atoms with van der Waals surface area (Å²) in [6.07, 6.45) is 0. The number of hydrogen-bond acceptors (Lipinski definition) is 2. The third-order valence-electron chi connectivity index (χ3n) is 1.77. The Balaban J connectivity index is 2.94. The van der Waals surface area contributed by atoms with Gasteiger partial charge in [-0.3, -0.25) is 0 Å². The molecule has 1 aliphatic rings. The zero-order valence-electron chi connectivity index (χ0n) is 5.72. The summed E-state index contributed by atoms with van der Waals surface area (Å²) in [5, 5.41) is 17.4. The summed E-state index contributed by atoms with van der Waals surface area (Å²) in [5.41, 5.74) is 3.03. The maximum atomic E-state index is 8.70. The molecule has 10 heavy (non-hydrogen) atoms. The summed E-state index contributed by atoms with van der Waals surface area (Å²) in [7, 11) is 0. The summed E-state index contributed by atoms with van der Waals surface area (Å²) < 4.78 is 0. The van der Waals surface area contributed by atoms with Crippen LogP contribution in [0.1, 0.15) is 0 Å². The van der Waals surface area contributed by atoms with Crippen LogP contribution in [0.25, 0.3) is 0 Å². The third-order valence-corrected chi connectivity index (χ3v) is 1.77. The highest BCUT2D eigenvalue weighted by atomic mass is 16.3. The Morgan fingerprint density at radius 3 is 1.40 bits per heavy atom. The molecule has 0 saturated carbocycles. The van der Waals surface area contributed by atoms with E-state index in [1.54, 1.807) is 0 Å². The van der Waals surface area contributed by atoms with Gasteiger partial charge in [-0.15, -0.1) is 0 Å². The minimum Gasteiger partial charge on any atom is -0.392 e. The fourth-order valence-corrected chi connectivity index (χ4v) is 1.05. The van der Waals surface area contributed by atoms with E-state index in [4.69, 9.17) is 10.2 Å². The molecule has 54 valence electrons. The molecule has 0 spiro atoms. The average molecular weight is 138 g/mol. The first kappa shape index (κ1) is 7.25. The van der Waals surface area contributed by atoms with E-state index in [-0.39, 0.29) is 13.2 Å². The van der Waals surface area contributed by atoms with Gasteiger partial charge in [0.05, 0.1) is 13.2 Å². The van der Waals surface area contributed by atoms with Crippen LogP contribution in [0.5, 0.6) is 0 Å². The summed E-state index contributed by atoms with van der Waals surface area (Å²) in [6, 6.07) is 0. The second kappa shape index (κ2) is 2.40. The molecule has 1 aliphatic carbocycles. The molecule has 0 saturated heterocycles. The Morgan fingerprint density at radius 2 is 1.20 bits per heavy atom. The van der Waals surface area contributed by atoms with Crippen molar-refractivity contribution in [3.8, 4) is 0 Å². The Morgan fingerprint density at radius 1 is 0.900 bits per heavy atom. The van der Waals surface area contributed by atoms with Gasteiger partial charge in [-0.05, 0) is 22.3 Å². The lowest BCUT2D eigenvalue weighted by molar-refractivity contribution is 0.310. The van der Waals surface area contributed by atoms with Crippen molar-refractivity contribution in [1.29, 1.82) is 0 Å². The van der Waals surface area contributed by atoms with Crippen LogP contribution in [-0.4, -0.2) is 23.4 Å². The fourth-order valence-electron chi connectivity index (χ4n) is 1.05. The molecule has 0 radical (unpaired) electrons. The highest BCUT2D eigenvalue weighted by Gasteiger charge is 2.23. The first-order valence-corrected chi connectivity index (χ1v) is 3.05. The maximum absolute atomic E-state index is 8.70. The molecular formula is C8H10O2. The van der Waals surface area contributed by atoms with Crippen molar-refractivity contribution in [3.05, 3.63) is 35.5 Å². The molecule has 0 aromatic heterocycles. The van der Waals surface area contributed by atoms with Crippen LogP contribution in [0.4, 0.5) is 0 Å². The SMILES string of the molecule is C=C1C(=C)C(CO)=C1CO. The molecule has 0 aromatic rings. The van der Waals surface area contributed by atoms with E-state index >= 15 is 0 Å². The molecule has 2 heteroatoms. The predicted octanol–water partition coefficient (Wildman–Crippen LogP) is 0.394. The van der Waals surface area contributed by atoms with Crippen LogP contribution in [-0.2, 0) is 0 Å². The van der Waals surface area contributed by atoms with Gasteiger partial charge in [-0.1, -0.05) is 13.2 Å². The molecule has 0 aromatic carbocycles. The molecule has 2 nitrogen and oxygen atoms in total. The van der Waals surface area contributed by atoms with Gasteiger partial charge in [0, 0.05) is 0 Å². The maximum Gasteiger partial charge on any atom is 0.0691 e. The van der Waals surface area contributed by atoms with Crippen molar-refractivity contribution in [3.63, 3.8) is 0 Å². The van der Waals surface area contributed by atoms with Crippen molar-refractivity contribution >= 4 is 0 Å². The average Bonchev–Trinajstić information content (AvgIpc) is 1.97. The van der Waals surface area contributed by atoms with Gasteiger partial charge in [-0.2, -0.15) is 0 Å². The Kier molecular flexibility index (Phi) is 1.74. The largest absolute Gasteiger partial charge is 0.392 e. The minimum atomic E-state index is -0.0479. The molecule has 0 bridgehead atoms. The lowest BCUT2D eigenvalue weighted by Crippen LogP contribution is -2.16. The quantitative estimate of drug-likeness (QED) is 0.579. The van der Waals surface area contributed by atoms with E-state index in [0.29, 0.717) is 0 Å². The molecule has 1 rings (SSSR count). The molecule has 0 amide bonds. The van der Waals surface area contributed by atoms with E-state index in [0.717, 1.165) is 22.3 Å². The van der Waals surface area contributed by atoms with Crippen LogP contribution >= 0.6 is 0 Å². The number of aliphatic hydroxyl groups excluding tert-OH is 2. The first-order chi connectivity index (χ1) is 4.72. The lowest BCUT2D eigenvalue weighted by Gasteiger charge is -2.26. The zero-order chi connectivity index (χ0) is 7.72. The van der Waals surface area contributed by atoms with Crippen LogP contribution in [0, 0.1) is 0 Å². The molecule has 0 aliphatic heterocycles. The van der Waals surface area contributed by atoms with E-state index < -0.39 is 0 Å². The van der Waals surface area contributed by atoms with Gasteiger partial charge < -0.3 is 10.2 Å². The first-order valence-electron chi connectivity index (χ1n) is 3.05. The normalized spacial score (nSPS) is 17.8. The number of hydrogen-bond donors (Lipinski definition) is 2. The van der Waals surface area contributed by atoms with E-state index in [9.17, 15) is 0 Å². The van der Waals surface area contributed by atoms with Crippen LogP contribution in [0.15, 0.2) is 35.5 Å². The summed E-state index contributed by atoms with van der Waals surface area (Å²) >= 11 is 0. The van der Waals surface area contributed by atoms with E-state index in [1.807, 2.05) is 0 Å². The highest BCUT2D eigenvalue weighted by molar-refractivity contribution is 5.67. The van der Waals surface area contributed by atoms with Gasteiger partial charge >= 0.3 is 0 Å². The van der Waals surface area contributed by atoms with Crippen molar-refractivity contribution in [2.24, 2.45) is 0 Å². The Hall–Kier alpha value is -0.860. The smallest absolute Gasteiger partial charge is 0.0691 e. The summed E-state index contributed by atoms with van der Waals surface area (Å²) in [6.45, 7) is 7.23. The van der Waals surface area contributed by atoms with Crippen LogP contribution in [0.3, 0.4) is 0 Å². The second-order valence-corrected chi connectivity index (χ2v) is 2.23. The van der Waals surface area contributed by atoms with Gasteiger partial charge in [0.1, 0.15) is 0 Å². The van der Waals surface area contributed by atoms with Gasteiger partial charge in [-0.25, -0.2) is 0 Å². The molecule has 0 atom stereocenters. The van der Waals surface area contributed by atoms with Crippen LogP contribution in [0.2, 0.25) is 0 Å². The molecule has 0 fully saturated rings. The van der Waals surface area contributed by atoms with Crippen molar-refractivity contribution in [2.75, 3.05) is 13.2 Å². The number of aliphatic hydroxyl groups is 2. The Bertz CT molecular complexity index is 199. The third kappa shape index (κ3) is 0.735. The van der Waals surface area contributed by atoms with Crippen molar-refractivity contribution in [1.82, 2.24) is 0 Å². The summed E-state index contributed by atoms with van der Waals surface area (Å²) in [4.78, 5) is 0. The fraction of sp³-hybridized carbons (Fsp3) is 0.250. The highest BCUT2D eigenvalue weighted by Crippen LogP contribution is 2.36. The lowest BCUT2D eigenvalue weighted by atomic mass is 9.80. The van der Waals surface area contributed by atoms with Crippen LogP contribution < -0.4 is 0 Å². The molecular weight excluding hydrogens is 128 g/mol. The van der Waals surface area contributed by atoms with Crippen molar-refractivity contribution in [2.45, 2.75) is 0 Å². The summed E-state index contributed by atoms with van der Waals surface area (Å²) in [5.74, 6) is 0. The van der Waals surface area contributed by atoms with Crippen molar-refractivity contribution < 1.29 is 10.2 Å². The number of rotatable bonds is 2. The van der Waals surface area contributed by atoms with E-state index in [1.165, 1.54) is 0 Å².